The Hall–Kier alpha value is -0.160. The maximum atomic E-state index is 5.84. The zero-order valence-corrected chi connectivity index (χ0v) is 11.8. The Morgan fingerprint density at radius 1 is 1.11 bits per heavy atom. The monoisotopic (exact) mass is 255 g/mol. The van der Waals surface area contributed by atoms with E-state index in [9.17, 15) is 0 Å². The van der Waals surface area contributed by atoms with Crippen LogP contribution in [0.15, 0.2) is 0 Å². The van der Waals surface area contributed by atoms with Gasteiger partial charge in [0.15, 0.2) is 0 Å². The van der Waals surface area contributed by atoms with E-state index < -0.39 is 0 Å². The second-order valence-electron chi connectivity index (χ2n) is 5.71. The molecule has 0 aromatic carbocycles. The Balaban J connectivity index is 1.76. The van der Waals surface area contributed by atoms with Gasteiger partial charge in [-0.25, -0.2) is 0 Å². The van der Waals surface area contributed by atoms with Gasteiger partial charge in [-0.05, 0) is 38.8 Å². The quantitative estimate of drug-likeness (QED) is 0.793. The van der Waals surface area contributed by atoms with Crippen LogP contribution in [0.1, 0.15) is 32.1 Å². The van der Waals surface area contributed by atoms with E-state index in [0.29, 0.717) is 12.6 Å². The minimum atomic E-state index is 0.414. The Morgan fingerprint density at radius 3 is 2.33 bits per heavy atom. The lowest BCUT2D eigenvalue weighted by Crippen LogP contribution is -2.52. The molecule has 0 spiro atoms. The van der Waals surface area contributed by atoms with E-state index in [4.69, 9.17) is 10.5 Å². The highest BCUT2D eigenvalue weighted by atomic mass is 16.5. The summed E-state index contributed by atoms with van der Waals surface area (Å²) in [6, 6.07) is 1.24. The summed E-state index contributed by atoms with van der Waals surface area (Å²) in [5, 5.41) is 0. The zero-order valence-electron chi connectivity index (χ0n) is 11.8. The summed E-state index contributed by atoms with van der Waals surface area (Å²) >= 11 is 0. The van der Waals surface area contributed by atoms with Gasteiger partial charge in [0.25, 0.3) is 0 Å². The largest absolute Gasteiger partial charge is 0.383 e. The van der Waals surface area contributed by atoms with Crippen LogP contribution in [-0.4, -0.2) is 68.3 Å². The SMILES string of the molecule is COCC(CN)N1CCC(N2CCCCC2)CC1. The third-order valence-electron chi connectivity index (χ3n) is 4.55. The van der Waals surface area contributed by atoms with Gasteiger partial charge in [0, 0.05) is 38.8 Å². The standard InChI is InChI=1S/C14H29N3O/c1-18-12-14(11-15)17-9-5-13(6-10-17)16-7-3-2-4-8-16/h13-14H,2-12,15H2,1H3. The molecule has 2 saturated heterocycles. The zero-order chi connectivity index (χ0) is 12.8. The molecule has 0 aliphatic carbocycles. The summed E-state index contributed by atoms with van der Waals surface area (Å²) < 4.78 is 5.26. The fourth-order valence-corrected chi connectivity index (χ4v) is 3.41. The number of ether oxygens (including phenoxy) is 1. The minimum absolute atomic E-state index is 0.414. The van der Waals surface area contributed by atoms with Crippen molar-refractivity contribution in [3.05, 3.63) is 0 Å². The smallest absolute Gasteiger partial charge is 0.0630 e. The minimum Gasteiger partial charge on any atom is -0.383 e. The van der Waals surface area contributed by atoms with E-state index in [2.05, 4.69) is 9.80 Å². The lowest BCUT2D eigenvalue weighted by Gasteiger charge is -2.42. The second kappa shape index (κ2) is 7.43. The van der Waals surface area contributed by atoms with Crippen LogP contribution >= 0.6 is 0 Å². The molecule has 0 bridgehead atoms. The van der Waals surface area contributed by atoms with E-state index in [-0.39, 0.29) is 0 Å². The average Bonchev–Trinajstić information content (AvgIpc) is 2.46. The van der Waals surface area contributed by atoms with Crippen LogP contribution in [-0.2, 0) is 4.74 Å². The normalized spacial score (nSPS) is 26.3. The molecule has 0 saturated carbocycles. The van der Waals surface area contributed by atoms with E-state index >= 15 is 0 Å². The molecular weight excluding hydrogens is 226 g/mol. The molecule has 1 atom stereocenters. The van der Waals surface area contributed by atoms with Crippen LogP contribution in [0.2, 0.25) is 0 Å². The van der Waals surface area contributed by atoms with Crippen LogP contribution in [0.25, 0.3) is 0 Å². The summed E-state index contributed by atoms with van der Waals surface area (Å²) in [5.41, 5.74) is 5.84. The summed E-state index contributed by atoms with van der Waals surface area (Å²) in [6.07, 6.45) is 6.84. The first-order valence-electron chi connectivity index (χ1n) is 7.52. The predicted molar refractivity (Wildman–Crippen MR) is 74.7 cm³/mol. The van der Waals surface area contributed by atoms with Gasteiger partial charge in [0.2, 0.25) is 0 Å². The lowest BCUT2D eigenvalue weighted by molar-refractivity contribution is 0.0442. The molecule has 0 aromatic heterocycles. The van der Waals surface area contributed by atoms with Gasteiger partial charge in [0.05, 0.1) is 6.61 Å². The van der Waals surface area contributed by atoms with Crippen molar-refractivity contribution in [2.75, 3.05) is 46.4 Å². The number of hydrogen-bond acceptors (Lipinski definition) is 4. The van der Waals surface area contributed by atoms with Gasteiger partial charge < -0.3 is 15.4 Å². The van der Waals surface area contributed by atoms with Crippen LogP contribution in [0.5, 0.6) is 0 Å². The summed E-state index contributed by atoms with van der Waals surface area (Å²) in [6.45, 7) is 6.50. The molecule has 18 heavy (non-hydrogen) atoms. The first-order chi connectivity index (χ1) is 8.85. The summed E-state index contributed by atoms with van der Waals surface area (Å²) in [5.74, 6) is 0. The molecule has 2 aliphatic heterocycles. The van der Waals surface area contributed by atoms with Crippen molar-refractivity contribution in [2.24, 2.45) is 5.73 Å². The highest BCUT2D eigenvalue weighted by Crippen LogP contribution is 2.21. The summed E-state index contributed by atoms with van der Waals surface area (Å²) in [4.78, 5) is 5.23. The first-order valence-corrected chi connectivity index (χ1v) is 7.52. The van der Waals surface area contributed by atoms with Gasteiger partial charge in [-0.3, -0.25) is 4.90 Å². The molecule has 0 radical (unpaired) electrons. The summed E-state index contributed by atoms with van der Waals surface area (Å²) in [7, 11) is 1.77. The average molecular weight is 255 g/mol. The Labute approximate surface area is 111 Å². The second-order valence-corrected chi connectivity index (χ2v) is 5.71. The van der Waals surface area contributed by atoms with Crippen molar-refractivity contribution < 1.29 is 4.74 Å². The van der Waals surface area contributed by atoms with Crippen molar-refractivity contribution in [1.29, 1.82) is 0 Å². The van der Waals surface area contributed by atoms with Crippen LogP contribution in [0, 0.1) is 0 Å². The van der Waals surface area contributed by atoms with Crippen molar-refractivity contribution in [3.8, 4) is 0 Å². The molecular formula is C14H29N3O. The molecule has 2 heterocycles. The molecule has 0 amide bonds. The van der Waals surface area contributed by atoms with Gasteiger partial charge in [-0.1, -0.05) is 6.42 Å². The Kier molecular flexibility index (Phi) is 5.89. The number of methoxy groups -OCH3 is 1. The molecule has 1 unspecified atom stereocenters. The van der Waals surface area contributed by atoms with Gasteiger partial charge in [0.1, 0.15) is 0 Å². The number of nitrogens with zero attached hydrogens (tertiary/aromatic N) is 2. The molecule has 2 N–H and O–H groups in total. The fraction of sp³-hybridized carbons (Fsp3) is 1.00. The maximum Gasteiger partial charge on any atom is 0.0630 e. The van der Waals surface area contributed by atoms with Crippen LogP contribution in [0.3, 0.4) is 0 Å². The third kappa shape index (κ3) is 3.67. The van der Waals surface area contributed by atoms with Crippen LogP contribution < -0.4 is 5.73 Å². The van der Waals surface area contributed by atoms with E-state index in [0.717, 1.165) is 12.6 Å². The number of piperidine rings is 2. The molecule has 2 rings (SSSR count). The van der Waals surface area contributed by atoms with Gasteiger partial charge >= 0.3 is 0 Å². The molecule has 4 nitrogen and oxygen atoms in total. The molecule has 0 aromatic rings. The molecule has 2 fully saturated rings. The molecule has 106 valence electrons. The van der Waals surface area contributed by atoms with E-state index in [1.807, 2.05) is 0 Å². The van der Waals surface area contributed by atoms with Crippen molar-refractivity contribution in [2.45, 2.75) is 44.2 Å². The number of nitrogens with two attached hydrogens (primary N) is 1. The Morgan fingerprint density at radius 2 is 1.78 bits per heavy atom. The number of likely N-dealkylation sites (tertiary alicyclic amines) is 2. The van der Waals surface area contributed by atoms with Crippen molar-refractivity contribution in [3.63, 3.8) is 0 Å². The molecule has 4 heteroatoms. The lowest BCUT2D eigenvalue weighted by atomic mass is 9.99. The number of rotatable bonds is 5. The van der Waals surface area contributed by atoms with Crippen molar-refractivity contribution >= 4 is 0 Å². The van der Waals surface area contributed by atoms with Gasteiger partial charge in [-0.15, -0.1) is 0 Å². The number of hydrogen-bond donors (Lipinski definition) is 1. The first kappa shape index (κ1) is 14.3. The third-order valence-corrected chi connectivity index (χ3v) is 4.55. The van der Waals surface area contributed by atoms with E-state index in [1.54, 1.807) is 7.11 Å². The van der Waals surface area contributed by atoms with Crippen LogP contribution in [0.4, 0.5) is 0 Å². The van der Waals surface area contributed by atoms with E-state index in [1.165, 1.54) is 58.3 Å². The fourth-order valence-electron chi connectivity index (χ4n) is 3.41. The van der Waals surface area contributed by atoms with Gasteiger partial charge in [-0.2, -0.15) is 0 Å². The van der Waals surface area contributed by atoms with Crippen molar-refractivity contribution in [1.82, 2.24) is 9.80 Å². The maximum absolute atomic E-state index is 5.84. The predicted octanol–water partition coefficient (Wildman–Crippen LogP) is 0.910. The highest BCUT2D eigenvalue weighted by molar-refractivity contribution is 4.84. The molecule has 2 aliphatic rings. The topological polar surface area (TPSA) is 41.7 Å². The highest BCUT2D eigenvalue weighted by Gasteiger charge is 2.28. The Bertz CT molecular complexity index is 210.